The molecule has 3 nitrogen and oxygen atoms in total. The smallest absolute Gasteiger partial charge is 0.125 e. The van der Waals surface area contributed by atoms with E-state index in [2.05, 4.69) is 50.0 Å². The van der Waals surface area contributed by atoms with Crippen LogP contribution < -0.4 is 4.74 Å². The lowest BCUT2D eigenvalue weighted by Gasteiger charge is -2.25. The van der Waals surface area contributed by atoms with Crippen LogP contribution in [0.1, 0.15) is 16.7 Å². The van der Waals surface area contributed by atoms with Crippen LogP contribution in [0.5, 0.6) is 5.75 Å². The quantitative estimate of drug-likeness (QED) is 0.771. The molecule has 1 heterocycles. The molecule has 0 spiro atoms. The average Bonchev–Trinajstić information content (AvgIpc) is 2.42. The molecule has 0 unspecified atom stereocenters. The van der Waals surface area contributed by atoms with E-state index in [1.165, 1.54) is 16.7 Å². The second kappa shape index (κ2) is 7.46. The number of rotatable bonds is 5. The van der Waals surface area contributed by atoms with Crippen LogP contribution >= 0.6 is 0 Å². The first-order valence-electron chi connectivity index (χ1n) is 7.32. The van der Waals surface area contributed by atoms with Gasteiger partial charge < -0.3 is 9.47 Å². The lowest BCUT2D eigenvalue weighted by atomic mass is 10.1. The predicted octanol–water partition coefficient (Wildman–Crippen LogP) is 2.88. The van der Waals surface area contributed by atoms with Gasteiger partial charge in [0.1, 0.15) is 12.4 Å². The fraction of sp³-hybridized carbons (Fsp3) is 0.529. The Labute approximate surface area is 122 Å². The van der Waals surface area contributed by atoms with Gasteiger partial charge in [0, 0.05) is 19.6 Å². The lowest BCUT2D eigenvalue weighted by molar-refractivity contribution is 0.0434. The Morgan fingerprint density at radius 1 is 1.10 bits per heavy atom. The summed E-state index contributed by atoms with van der Waals surface area (Å²) in [5, 5.41) is 0. The summed E-state index contributed by atoms with van der Waals surface area (Å²) in [7, 11) is 0. The molecule has 1 aromatic rings. The Bertz CT molecular complexity index is 439. The number of hydrogen-bond acceptors (Lipinski definition) is 3. The minimum absolute atomic E-state index is 0.634. The molecule has 1 aromatic carbocycles. The molecule has 0 aromatic heterocycles. The van der Waals surface area contributed by atoms with E-state index in [9.17, 15) is 0 Å². The van der Waals surface area contributed by atoms with E-state index < -0.39 is 0 Å². The molecule has 0 bridgehead atoms. The maximum atomic E-state index is 5.88. The van der Waals surface area contributed by atoms with E-state index in [4.69, 9.17) is 9.47 Å². The number of ether oxygens (including phenoxy) is 2. The Hall–Kier alpha value is -1.32. The zero-order chi connectivity index (χ0) is 14.4. The van der Waals surface area contributed by atoms with Crippen LogP contribution in [0.4, 0.5) is 0 Å². The van der Waals surface area contributed by atoms with Crippen molar-refractivity contribution in [1.29, 1.82) is 0 Å². The molecule has 0 N–H and O–H groups in total. The SMILES string of the molecule is Cc1cc(C)c(OCC=CCN2CCOCC2)c(C)c1. The Morgan fingerprint density at radius 2 is 1.75 bits per heavy atom. The maximum Gasteiger partial charge on any atom is 0.125 e. The summed E-state index contributed by atoms with van der Waals surface area (Å²) < 4.78 is 11.2. The molecule has 0 aliphatic carbocycles. The van der Waals surface area contributed by atoms with Crippen molar-refractivity contribution in [2.45, 2.75) is 20.8 Å². The highest BCUT2D eigenvalue weighted by Crippen LogP contribution is 2.24. The predicted molar refractivity (Wildman–Crippen MR) is 82.5 cm³/mol. The highest BCUT2D eigenvalue weighted by molar-refractivity contribution is 5.43. The van der Waals surface area contributed by atoms with Gasteiger partial charge in [-0.3, -0.25) is 4.90 Å². The van der Waals surface area contributed by atoms with Crippen LogP contribution in [0.3, 0.4) is 0 Å². The summed E-state index contributed by atoms with van der Waals surface area (Å²) in [5.74, 6) is 1.02. The van der Waals surface area contributed by atoms with E-state index in [-0.39, 0.29) is 0 Å². The van der Waals surface area contributed by atoms with Crippen LogP contribution in [-0.4, -0.2) is 44.4 Å². The van der Waals surface area contributed by atoms with Gasteiger partial charge in [0.05, 0.1) is 13.2 Å². The largest absolute Gasteiger partial charge is 0.489 e. The third-order valence-electron chi connectivity index (χ3n) is 3.56. The van der Waals surface area contributed by atoms with Crippen LogP contribution in [0.15, 0.2) is 24.3 Å². The molecule has 0 radical (unpaired) electrons. The van der Waals surface area contributed by atoms with E-state index >= 15 is 0 Å². The van der Waals surface area contributed by atoms with Gasteiger partial charge in [0.25, 0.3) is 0 Å². The average molecular weight is 275 g/mol. The van der Waals surface area contributed by atoms with Gasteiger partial charge in [-0.15, -0.1) is 0 Å². The minimum atomic E-state index is 0.634. The van der Waals surface area contributed by atoms with Crippen molar-refractivity contribution in [3.8, 4) is 5.75 Å². The van der Waals surface area contributed by atoms with Crippen molar-refractivity contribution >= 4 is 0 Å². The fourth-order valence-electron chi connectivity index (χ4n) is 2.60. The van der Waals surface area contributed by atoms with Gasteiger partial charge >= 0.3 is 0 Å². The zero-order valence-corrected chi connectivity index (χ0v) is 12.8. The molecule has 110 valence electrons. The molecule has 0 saturated carbocycles. The fourth-order valence-corrected chi connectivity index (χ4v) is 2.60. The van der Waals surface area contributed by atoms with Crippen molar-refractivity contribution in [2.24, 2.45) is 0 Å². The molecule has 3 heteroatoms. The van der Waals surface area contributed by atoms with E-state index in [0.717, 1.165) is 38.6 Å². The second-order valence-corrected chi connectivity index (χ2v) is 5.42. The number of aryl methyl sites for hydroxylation is 3. The summed E-state index contributed by atoms with van der Waals surface area (Å²) in [6, 6.07) is 4.33. The van der Waals surface area contributed by atoms with Gasteiger partial charge in [-0.25, -0.2) is 0 Å². The molecular weight excluding hydrogens is 250 g/mol. The van der Waals surface area contributed by atoms with E-state index in [1.807, 2.05) is 0 Å². The third-order valence-corrected chi connectivity index (χ3v) is 3.56. The van der Waals surface area contributed by atoms with Crippen molar-refractivity contribution < 1.29 is 9.47 Å². The Balaban J connectivity index is 1.78. The molecule has 0 amide bonds. The molecular formula is C17H25NO2. The molecule has 1 aliphatic heterocycles. The van der Waals surface area contributed by atoms with Gasteiger partial charge in [0.15, 0.2) is 0 Å². The van der Waals surface area contributed by atoms with Gasteiger partial charge in [-0.05, 0) is 31.9 Å². The van der Waals surface area contributed by atoms with E-state index in [1.54, 1.807) is 0 Å². The summed E-state index contributed by atoms with van der Waals surface area (Å²) in [6.45, 7) is 11.7. The van der Waals surface area contributed by atoms with Gasteiger partial charge in [-0.1, -0.05) is 29.8 Å². The monoisotopic (exact) mass is 275 g/mol. The number of hydrogen-bond donors (Lipinski definition) is 0. The first kappa shape index (κ1) is 15.1. The highest BCUT2D eigenvalue weighted by atomic mass is 16.5. The summed E-state index contributed by atoms with van der Waals surface area (Å²) in [6.07, 6.45) is 4.29. The summed E-state index contributed by atoms with van der Waals surface area (Å²) in [4.78, 5) is 2.39. The number of morpholine rings is 1. The number of nitrogens with zero attached hydrogens (tertiary/aromatic N) is 1. The Morgan fingerprint density at radius 3 is 2.40 bits per heavy atom. The van der Waals surface area contributed by atoms with Crippen molar-refractivity contribution in [3.05, 3.63) is 41.0 Å². The van der Waals surface area contributed by atoms with Crippen LogP contribution in [0, 0.1) is 20.8 Å². The van der Waals surface area contributed by atoms with Crippen molar-refractivity contribution in [3.63, 3.8) is 0 Å². The zero-order valence-electron chi connectivity index (χ0n) is 12.8. The molecule has 1 fully saturated rings. The lowest BCUT2D eigenvalue weighted by Crippen LogP contribution is -2.36. The number of benzene rings is 1. The molecule has 2 rings (SSSR count). The molecule has 0 atom stereocenters. The highest BCUT2D eigenvalue weighted by Gasteiger charge is 2.07. The maximum absolute atomic E-state index is 5.88. The first-order chi connectivity index (χ1) is 9.66. The first-order valence-corrected chi connectivity index (χ1v) is 7.32. The Kier molecular flexibility index (Phi) is 5.62. The minimum Gasteiger partial charge on any atom is -0.489 e. The van der Waals surface area contributed by atoms with Crippen LogP contribution in [0.2, 0.25) is 0 Å². The van der Waals surface area contributed by atoms with Gasteiger partial charge in [-0.2, -0.15) is 0 Å². The van der Waals surface area contributed by atoms with Crippen LogP contribution in [0.25, 0.3) is 0 Å². The van der Waals surface area contributed by atoms with Crippen molar-refractivity contribution in [2.75, 3.05) is 39.5 Å². The normalized spacial score (nSPS) is 16.8. The van der Waals surface area contributed by atoms with Gasteiger partial charge in [0.2, 0.25) is 0 Å². The molecule has 1 saturated heterocycles. The third kappa shape index (κ3) is 4.36. The van der Waals surface area contributed by atoms with Crippen molar-refractivity contribution in [1.82, 2.24) is 4.90 Å². The standard InChI is InChI=1S/C17H25NO2/c1-14-12-15(2)17(16(3)13-14)20-9-5-4-6-18-7-10-19-11-8-18/h4-5,12-13H,6-11H2,1-3H3. The van der Waals surface area contributed by atoms with Crippen LogP contribution in [-0.2, 0) is 4.74 Å². The topological polar surface area (TPSA) is 21.7 Å². The summed E-state index contributed by atoms with van der Waals surface area (Å²) >= 11 is 0. The second-order valence-electron chi connectivity index (χ2n) is 5.42. The molecule has 20 heavy (non-hydrogen) atoms. The van der Waals surface area contributed by atoms with E-state index in [0.29, 0.717) is 6.61 Å². The summed E-state index contributed by atoms with van der Waals surface area (Å²) in [5.41, 5.74) is 3.71. The molecule has 1 aliphatic rings.